The Labute approximate surface area is 91.4 Å². The zero-order chi connectivity index (χ0) is 9.72. The van der Waals surface area contributed by atoms with E-state index >= 15 is 0 Å². The van der Waals surface area contributed by atoms with E-state index in [9.17, 15) is 0 Å². The van der Waals surface area contributed by atoms with Crippen molar-refractivity contribution in [3.8, 4) is 0 Å². The topological polar surface area (TPSA) is 0 Å². The average Bonchev–Trinajstić information content (AvgIpc) is 2.12. The van der Waals surface area contributed by atoms with Gasteiger partial charge < -0.3 is 0 Å². The van der Waals surface area contributed by atoms with Crippen LogP contribution in [0.2, 0.25) is 0 Å². The fourth-order valence-electron chi connectivity index (χ4n) is 1.02. The highest BCUT2D eigenvalue weighted by atomic mass is 14.0. The van der Waals surface area contributed by atoms with Crippen molar-refractivity contribution in [1.29, 1.82) is 0 Å². The van der Waals surface area contributed by atoms with Crippen LogP contribution < -0.4 is 0 Å². The second-order valence-corrected chi connectivity index (χ2v) is 3.19. The third-order valence-corrected chi connectivity index (χ3v) is 2.61. The molecule has 0 saturated heterocycles. The van der Waals surface area contributed by atoms with E-state index in [0.717, 1.165) is 0 Å². The zero-order valence-electron chi connectivity index (χ0n) is 9.15. The molecule has 0 aliphatic carbocycles. The monoisotopic (exact) mass is 196 g/mol. The van der Waals surface area contributed by atoms with Gasteiger partial charge in [-0.3, -0.25) is 0 Å². The van der Waals surface area contributed by atoms with Crippen LogP contribution in [0.3, 0.4) is 0 Å². The van der Waals surface area contributed by atoms with Crippen LogP contribution in [-0.4, -0.2) is 0 Å². The molecule has 0 bridgehead atoms. The van der Waals surface area contributed by atoms with Gasteiger partial charge in [0.05, 0.1) is 0 Å². The first-order valence-corrected chi connectivity index (χ1v) is 4.48. The molecule has 0 unspecified atom stereocenters. The van der Waals surface area contributed by atoms with Gasteiger partial charge in [-0.2, -0.15) is 0 Å². The van der Waals surface area contributed by atoms with Gasteiger partial charge >= 0.3 is 0 Å². The molecule has 0 saturated carbocycles. The molecule has 84 valence electrons. The zero-order valence-corrected chi connectivity index (χ0v) is 9.15. The maximum absolute atomic E-state index is 2.18. The molecule has 0 aromatic carbocycles. The van der Waals surface area contributed by atoms with Crippen molar-refractivity contribution in [3.05, 3.63) is 34.4 Å². The third kappa shape index (κ3) is 5.06. The predicted octanol–water partition coefficient (Wildman–Crippen LogP) is 5.53. The van der Waals surface area contributed by atoms with Crippen molar-refractivity contribution in [2.75, 3.05) is 0 Å². The normalized spacial score (nSPS) is 13.9. The first-order chi connectivity index (χ1) is 5.54. The minimum Gasteiger partial charge on any atom is -0.0844 e. The number of allylic oxidation sites excluding steroid dienone is 6. The van der Waals surface area contributed by atoms with Gasteiger partial charge in [-0.05, 0) is 52.7 Å². The summed E-state index contributed by atoms with van der Waals surface area (Å²) in [6.07, 6.45) is 4.31. The first-order valence-electron chi connectivity index (χ1n) is 4.48. The molecule has 0 atom stereocenters. The Morgan fingerprint density at radius 3 is 1.00 bits per heavy atom. The lowest BCUT2D eigenvalue weighted by atomic mass is 9.98. The van der Waals surface area contributed by atoms with Gasteiger partial charge in [-0.25, -0.2) is 0 Å². The SMILES string of the molecule is C.C.C/C=C(C)/C(C)=C(C)\C(C)=C\C. The average molecular weight is 196 g/mol. The molecule has 0 N–H and O–H groups in total. The minimum absolute atomic E-state index is 0. The van der Waals surface area contributed by atoms with Gasteiger partial charge in [0.1, 0.15) is 0 Å². The fourth-order valence-corrected chi connectivity index (χ4v) is 1.02. The Morgan fingerprint density at radius 2 is 0.857 bits per heavy atom. The van der Waals surface area contributed by atoms with Crippen molar-refractivity contribution in [1.82, 2.24) is 0 Å². The van der Waals surface area contributed by atoms with Gasteiger partial charge in [0.25, 0.3) is 0 Å². The molecule has 0 nitrogen and oxygen atoms in total. The minimum atomic E-state index is 0. The van der Waals surface area contributed by atoms with Crippen LogP contribution in [0.4, 0.5) is 0 Å². The predicted molar refractivity (Wildman–Crippen MR) is 70.7 cm³/mol. The molecule has 0 aromatic heterocycles. The number of hydrogen-bond donors (Lipinski definition) is 0. The smallest absolute Gasteiger partial charge is 0.0393 e. The molecule has 0 aromatic rings. The summed E-state index contributed by atoms with van der Waals surface area (Å²) >= 11 is 0. The summed E-state index contributed by atoms with van der Waals surface area (Å²) in [5, 5.41) is 0. The Bertz CT molecular complexity index is 211. The van der Waals surface area contributed by atoms with Crippen molar-refractivity contribution in [3.63, 3.8) is 0 Å². The standard InChI is InChI=1S/C12H20.2CH4/c1-7-9(3)11(5)12(6)10(4)8-2;;/h7-8H,1-6H3;2*1H4/b9-7+,10-8+,12-11-;;. The summed E-state index contributed by atoms with van der Waals surface area (Å²) in [5.41, 5.74) is 5.53. The highest BCUT2D eigenvalue weighted by Gasteiger charge is 1.99. The molecule has 0 heterocycles. The van der Waals surface area contributed by atoms with E-state index in [1.54, 1.807) is 0 Å². The molecule has 0 aliphatic heterocycles. The van der Waals surface area contributed by atoms with Crippen LogP contribution in [0.5, 0.6) is 0 Å². The van der Waals surface area contributed by atoms with Crippen molar-refractivity contribution in [2.45, 2.75) is 56.4 Å². The van der Waals surface area contributed by atoms with E-state index < -0.39 is 0 Å². The lowest BCUT2D eigenvalue weighted by Gasteiger charge is -2.08. The quantitative estimate of drug-likeness (QED) is 0.510. The number of rotatable bonds is 2. The van der Waals surface area contributed by atoms with Gasteiger partial charge in [0.15, 0.2) is 0 Å². The molecule has 0 aliphatic rings. The number of hydrogen-bond acceptors (Lipinski definition) is 0. The first kappa shape index (κ1) is 18.9. The van der Waals surface area contributed by atoms with Crippen LogP contribution in [0.15, 0.2) is 34.4 Å². The van der Waals surface area contributed by atoms with Crippen LogP contribution in [0.1, 0.15) is 56.4 Å². The van der Waals surface area contributed by atoms with E-state index in [4.69, 9.17) is 0 Å². The van der Waals surface area contributed by atoms with Gasteiger partial charge in [0.2, 0.25) is 0 Å². The summed E-state index contributed by atoms with van der Waals surface area (Å²) < 4.78 is 0. The Morgan fingerprint density at radius 1 is 0.643 bits per heavy atom. The van der Waals surface area contributed by atoms with E-state index in [1.807, 2.05) is 0 Å². The summed E-state index contributed by atoms with van der Waals surface area (Å²) in [4.78, 5) is 0. The molecule has 0 spiro atoms. The van der Waals surface area contributed by atoms with Crippen LogP contribution >= 0.6 is 0 Å². The second-order valence-electron chi connectivity index (χ2n) is 3.19. The summed E-state index contributed by atoms with van der Waals surface area (Å²) in [6, 6.07) is 0. The van der Waals surface area contributed by atoms with E-state index in [0.29, 0.717) is 0 Å². The van der Waals surface area contributed by atoms with E-state index in [2.05, 4.69) is 53.7 Å². The summed E-state index contributed by atoms with van der Waals surface area (Å²) in [7, 11) is 0. The lowest BCUT2D eigenvalue weighted by molar-refractivity contribution is 1.21. The third-order valence-electron chi connectivity index (χ3n) is 2.61. The largest absolute Gasteiger partial charge is 0.0844 e. The van der Waals surface area contributed by atoms with Gasteiger partial charge in [-0.15, -0.1) is 0 Å². The molecule has 0 rings (SSSR count). The van der Waals surface area contributed by atoms with E-state index in [1.165, 1.54) is 22.3 Å². The molecule has 0 radical (unpaired) electrons. The van der Waals surface area contributed by atoms with Crippen molar-refractivity contribution in [2.24, 2.45) is 0 Å². The highest BCUT2D eigenvalue weighted by molar-refractivity contribution is 5.40. The van der Waals surface area contributed by atoms with Gasteiger partial charge in [-0.1, -0.05) is 38.2 Å². The molecule has 0 heteroatoms. The summed E-state index contributed by atoms with van der Waals surface area (Å²) in [6.45, 7) is 12.8. The maximum atomic E-state index is 2.18. The molecular weight excluding hydrogens is 168 g/mol. The molecule has 0 fully saturated rings. The molecule has 14 heavy (non-hydrogen) atoms. The Kier molecular flexibility index (Phi) is 11.9. The van der Waals surface area contributed by atoms with E-state index in [-0.39, 0.29) is 14.9 Å². The van der Waals surface area contributed by atoms with Crippen molar-refractivity contribution < 1.29 is 0 Å². The van der Waals surface area contributed by atoms with Crippen molar-refractivity contribution >= 4 is 0 Å². The van der Waals surface area contributed by atoms with Gasteiger partial charge in [0, 0.05) is 0 Å². The fraction of sp³-hybridized carbons (Fsp3) is 0.571. The Balaban J connectivity index is -0.000000605. The summed E-state index contributed by atoms with van der Waals surface area (Å²) in [5.74, 6) is 0. The second kappa shape index (κ2) is 8.80. The lowest BCUT2D eigenvalue weighted by Crippen LogP contribution is -1.87. The van der Waals surface area contributed by atoms with Crippen LogP contribution in [0, 0.1) is 0 Å². The molecule has 0 amide bonds. The maximum Gasteiger partial charge on any atom is -0.0393 e. The highest BCUT2D eigenvalue weighted by Crippen LogP contribution is 2.19. The van der Waals surface area contributed by atoms with Crippen LogP contribution in [-0.2, 0) is 0 Å². The van der Waals surface area contributed by atoms with Crippen LogP contribution in [0.25, 0.3) is 0 Å². The molecular formula is C14H28. The Hall–Kier alpha value is -0.780.